The summed E-state index contributed by atoms with van der Waals surface area (Å²) in [5.41, 5.74) is 2.75. The second-order valence-corrected chi connectivity index (χ2v) is 6.56. The van der Waals surface area contributed by atoms with Crippen LogP contribution in [0.15, 0.2) is 12.1 Å². The van der Waals surface area contributed by atoms with E-state index >= 15 is 0 Å². The van der Waals surface area contributed by atoms with Crippen LogP contribution in [0.4, 0.5) is 5.69 Å². The van der Waals surface area contributed by atoms with Crippen LogP contribution in [0.5, 0.6) is 0 Å². The number of hydrogen-bond donors (Lipinski definition) is 1. The van der Waals surface area contributed by atoms with Crippen LogP contribution < -0.4 is 5.32 Å². The first-order valence-corrected chi connectivity index (χ1v) is 8.26. The highest BCUT2D eigenvalue weighted by Gasteiger charge is 2.45. The number of rotatable bonds is 3. The Labute approximate surface area is 145 Å². The number of halogens is 1. The Morgan fingerprint density at radius 2 is 2.08 bits per heavy atom. The quantitative estimate of drug-likeness (QED) is 0.842. The maximum absolute atomic E-state index is 11.5. The molecule has 0 unspecified atom stereocenters. The van der Waals surface area contributed by atoms with E-state index in [0.29, 0.717) is 11.4 Å². The topological polar surface area (TPSA) is 73.9 Å². The van der Waals surface area contributed by atoms with Crippen molar-refractivity contribution in [1.82, 2.24) is 0 Å². The predicted octanol–water partition coefficient (Wildman–Crippen LogP) is 2.77. The number of esters is 2. The van der Waals surface area contributed by atoms with E-state index in [4.69, 9.17) is 25.8 Å². The van der Waals surface area contributed by atoms with Gasteiger partial charge in [0.15, 0.2) is 6.10 Å². The number of benzene rings is 1. The number of aryl methyl sites for hydroxylation is 1. The lowest BCUT2D eigenvalue weighted by Crippen LogP contribution is -2.55. The first kappa shape index (κ1) is 17.0. The second-order valence-electron chi connectivity index (χ2n) is 6.19. The molecule has 2 bridgehead atoms. The maximum Gasteiger partial charge on any atom is 0.303 e. The molecule has 2 aliphatic rings. The van der Waals surface area contributed by atoms with E-state index in [-0.39, 0.29) is 18.8 Å². The van der Waals surface area contributed by atoms with Crippen molar-refractivity contribution < 1.29 is 23.8 Å². The lowest BCUT2D eigenvalue weighted by atomic mass is 9.86. The molecule has 0 saturated carbocycles. The fourth-order valence-electron chi connectivity index (χ4n) is 3.29. The predicted molar refractivity (Wildman–Crippen MR) is 88.0 cm³/mol. The Balaban J connectivity index is 1.91. The van der Waals surface area contributed by atoms with Crippen molar-refractivity contribution in [3.8, 4) is 0 Å². The third-order valence-corrected chi connectivity index (χ3v) is 4.85. The number of carbonyl (C=O) groups is 2. The lowest BCUT2D eigenvalue weighted by molar-refractivity contribution is -0.185. The molecule has 0 radical (unpaired) electrons. The molecule has 1 fully saturated rings. The van der Waals surface area contributed by atoms with E-state index in [2.05, 4.69) is 5.32 Å². The van der Waals surface area contributed by atoms with Gasteiger partial charge in [-0.25, -0.2) is 0 Å². The van der Waals surface area contributed by atoms with Crippen LogP contribution in [-0.2, 0) is 23.8 Å². The molecule has 4 atom stereocenters. The molecule has 0 spiro atoms. The summed E-state index contributed by atoms with van der Waals surface area (Å²) in [6, 6.07) is 3.78. The Morgan fingerprint density at radius 3 is 2.75 bits per heavy atom. The molecule has 24 heavy (non-hydrogen) atoms. The average molecular weight is 354 g/mol. The smallest absolute Gasteiger partial charge is 0.303 e. The van der Waals surface area contributed by atoms with Gasteiger partial charge in [-0.2, -0.15) is 0 Å². The zero-order chi connectivity index (χ0) is 17.4. The highest BCUT2D eigenvalue weighted by atomic mass is 35.5. The number of ether oxygens (including phenoxy) is 3. The summed E-state index contributed by atoms with van der Waals surface area (Å²) in [6.07, 6.45) is -0.609. The van der Waals surface area contributed by atoms with E-state index in [1.54, 1.807) is 0 Å². The number of anilines is 1. The molecule has 2 aliphatic heterocycles. The molecular weight excluding hydrogens is 334 g/mol. The molecule has 1 aromatic carbocycles. The van der Waals surface area contributed by atoms with Gasteiger partial charge in [-0.15, -0.1) is 0 Å². The number of carbonyl (C=O) groups excluding carboxylic acids is 2. The summed E-state index contributed by atoms with van der Waals surface area (Å²) in [5.74, 6) is -0.805. The van der Waals surface area contributed by atoms with Gasteiger partial charge in [-0.1, -0.05) is 23.7 Å². The van der Waals surface area contributed by atoms with Gasteiger partial charge < -0.3 is 19.5 Å². The van der Waals surface area contributed by atoms with Crippen molar-refractivity contribution in [3.05, 3.63) is 28.3 Å². The molecule has 2 heterocycles. The molecule has 1 N–H and O–H groups in total. The second kappa shape index (κ2) is 6.61. The molecular formula is C17H20ClNO5. The Hall–Kier alpha value is -1.79. The van der Waals surface area contributed by atoms with Gasteiger partial charge in [-0.3, -0.25) is 9.59 Å². The molecule has 0 aliphatic carbocycles. The van der Waals surface area contributed by atoms with Gasteiger partial charge in [0.25, 0.3) is 0 Å². The minimum atomic E-state index is -0.553. The third-order valence-electron chi connectivity index (χ3n) is 4.37. The molecule has 0 amide bonds. The standard InChI is InChI=1S/C17H20ClNO5/c1-8-4-5-11-13-6-12(19-16(11)15(8)18)17(23-10(3)21)14(24-13)7-22-9(2)20/h4-5,12-14,17,19H,6-7H2,1-3H3/t12-,13-,14+,17-/m0/s1. The zero-order valence-corrected chi connectivity index (χ0v) is 14.6. The van der Waals surface area contributed by atoms with Crippen molar-refractivity contribution >= 4 is 29.2 Å². The van der Waals surface area contributed by atoms with Gasteiger partial charge in [0.05, 0.1) is 22.9 Å². The van der Waals surface area contributed by atoms with Crippen LogP contribution in [0, 0.1) is 6.92 Å². The highest BCUT2D eigenvalue weighted by Crippen LogP contribution is 2.45. The largest absolute Gasteiger partial charge is 0.463 e. The number of nitrogens with one attached hydrogen (secondary N) is 1. The first-order chi connectivity index (χ1) is 11.4. The summed E-state index contributed by atoms with van der Waals surface area (Å²) in [6.45, 7) is 4.66. The molecule has 3 rings (SSSR count). The van der Waals surface area contributed by atoms with Crippen molar-refractivity contribution in [1.29, 1.82) is 0 Å². The van der Waals surface area contributed by atoms with E-state index < -0.39 is 24.1 Å². The van der Waals surface area contributed by atoms with Crippen LogP contribution in [-0.4, -0.2) is 36.8 Å². The van der Waals surface area contributed by atoms with Gasteiger partial charge >= 0.3 is 11.9 Å². The molecule has 1 aromatic rings. The average Bonchev–Trinajstić information content (AvgIpc) is 2.52. The van der Waals surface area contributed by atoms with Crippen molar-refractivity contribution in [3.63, 3.8) is 0 Å². The lowest BCUT2D eigenvalue weighted by Gasteiger charge is -2.45. The molecule has 130 valence electrons. The maximum atomic E-state index is 11.5. The Bertz CT molecular complexity index is 677. The monoisotopic (exact) mass is 353 g/mol. The van der Waals surface area contributed by atoms with Gasteiger partial charge in [0.1, 0.15) is 12.7 Å². The van der Waals surface area contributed by atoms with Crippen LogP contribution in [0.1, 0.15) is 37.5 Å². The minimum absolute atomic E-state index is 0.0386. The van der Waals surface area contributed by atoms with E-state index in [1.165, 1.54) is 13.8 Å². The van der Waals surface area contributed by atoms with Crippen molar-refractivity contribution in [2.45, 2.75) is 51.5 Å². The molecule has 7 heteroatoms. The van der Waals surface area contributed by atoms with Gasteiger partial charge in [-0.05, 0) is 12.5 Å². The Morgan fingerprint density at radius 1 is 1.33 bits per heavy atom. The fraction of sp³-hybridized carbons (Fsp3) is 0.529. The number of fused-ring (bicyclic) bond motifs is 4. The highest BCUT2D eigenvalue weighted by molar-refractivity contribution is 6.34. The van der Waals surface area contributed by atoms with Crippen LogP contribution in [0.3, 0.4) is 0 Å². The van der Waals surface area contributed by atoms with Crippen LogP contribution in [0.25, 0.3) is 0 Å². The molecule has 6 nitrogen and oxygen atoms in total. The summed E-state index contributed by atoms with van der Waals surface area (Å²) in [5, 5.41) is 4.03. The van der Waals surface area contributed by atoms with E-state index in [0.717, 1.165) is 16.8 Å². The van der Waals surface area contributed by atoms with Crippen molar-refractivity contribution in [2.75, 3.05) is 11.9 Å². The molecule has 0 aromatic heterocycles. The first-order valence-electron chi connectivity index (χ1n) is 7.88. The number of hydrogen-bond acceptors (Lipinski definition) is 6. The SMILES string of the molecule is CC(=O)OC[C@H]1O[C@H]2C[C@H](Nc3c2ccc(C)c3Cl)[C@@H]1OC(C)=O. The fourth-order valence-corrected chi connectivity index (χ4v) is 3.51. The summed E-state index contributed by atoms with van der Waals surface area (Å²) >= 11 is 6.42. The minimum Gasteiger partial charge on any atom is -0.463 e. The van der Waals surface area contributed by atoms with Gasteiger partial charge in [0.2, 0.25) is 0 Å². The summed E-state index contributed by atoms with van der Waals surface area (Å²) < 4.78 is 16.6. The Kier molecular flexibility index (Phi) is 4.69. The molecule has 1 saturated heterocycles. The summed E-state index contributed by atoms with van der Waals surface area (Å²) in [7, 11) is 0. The van der Waals surface area contributed by atoms with E-state index in [9.17, 15) is 9.59 Å². The zero-order valence-electron chi connectivity index (χ0n) is 13.8. The van der Waals surface area contributed by atoms with E-state index in [1.807, 2.05) is 19.1 Å². The van der Waals surface area contributed by atoms with Gasteiger partial charge in [0, 0.05) is 25.8 Å². The third kappa shape index (κ3) is 3.21. The normalized spacial score (nSPS) is 27.7. The van der Waals surface area contributed by atoms with Crippen molar-refractivity contribution in [2.24, 2.45) is 0 Å². The summed E-state index contributed by atoms with van der Waals surface area (Å²) in [4.78, 5) is 22.6. The van der Waals surface area contributed by atoms with Crippen LogP contribution >= 0.6 is 11.6 Å². The van der Waals surface area contributed by atoms with Crippen LogP contribution in [0.2, 0.25) is 5.02 Å².